The highest BCUT2D eigenvalue weighted by atomic mass is 32.2. The zero-order chi connectivity index (χ0) is 22.5. The lowest BCUT2D eigenvalue weighted by Gasteiger charge is -2.17. The summed E-state index contributed by atoms with van der Waals surface area (Å²) in [6.45, 7) is 2.02. The minimum absolute atomic E-state index is 0.181. The molecule has 1 heterocycles. The standard InChI is InChI=1S/C22H23N3O4S2/c1-4-28-18-11-14(5-10-17(18)29-13-20(23)26)12-19-21(27)25(22(30)31-19)16-8-6-15(7-9-16)24(2)3/h5-12H,4,13H2,1-3H3,(H2,23,26)/b19-12-. The summed E-state index contributed by atoms with van der Waals surface area (Å²) < 4.78 is 11.5. The van der Waals surface area contributed by atoms with Crippen molar-refractivity contribution in [1.29, 1.82) is 0 Å². The van der Waals surface area contributed by atoms with Crippen molar-refractivity contribution in [2.75, 3.05) is 37.1 Å². The van der Waals surface area contributed by atoms with Crippen molar-refractivity contribution >= 4 is 57.6 Å². The third-order valence-electron chi connectivity index (χ3n) is 4.35. The molecule has 2 amide bonds. The third kappa shape index (κ3) is 5.36. The van der Waals surface area contributed by atoms with Crippen LogP contribution in [0.1, 0.15) is 12.5 Å². The number of thioether (sulfide) groups is 1. The van der Waals surface area contributed by atoms with Gasteiger partial charge in [0, 0.05) is 19.8 Å². The molecule has 2 aromatic rings. The van der Waals surface area contributed by atoms with E-state index in [1.54, 1.807) is 24.3 Å². The molecule has 9 heteroatoms. The van der Waals surface area contributed by atoms with Gasteiger partial charge in [0.15, 0.2) is 22.4 Å². The molecule has 3 rings (SSSR count). The van der Waals surface area contributed by atoms with E-state index in [4.69, 9.17) is 27.4 Å². The predicted octanol–water partition coefficient (Wildman–Crippen LogP) is 3.42. The summed E-state index contributed by atoms with van der Waals surface area (Å²) in [6.07, 6.45) is 1.76. The van der Waals surface area contributed by atoms with E-state index in [-0.39, 0.29) is 12.5 Å². The van der Waals surface area contributed by atoms with Gasteiger partial charge in [-0.15, -0.1) is 0 Å². The molecule has 7 nitrogen and oxygen atoms in total. The van der Waals surface area contributed by atoms with Crippen LogP contribution in [-0.4, -0.2) is 43.4 Å². The van der Waals surface area contributed by atoms with E-state index in [0.717, 1.165) is 16.9 Å². The molecule has 0 saturated carbocycles. The van der Waals surface area contributed by atoms with Gasteiger partial charge < -0.3 is 20.1 Å². The fraction of sp³-hybridized carbons (Fsp3) is 0.227. The van der Waals surface area contributed by atoms with E-state index in [1.165, 1.54) is 16.7 Å². The number of hydrogen-bond donors (Lipinski definition) is 1. The number of ether oxygens (including phenoxy) is 2. The van der Waals surface area contributed by atoms with E-state index < -0.39 is 5.91 Å². The molecular formula is C22H23N3O4S2. The molecule has 0 aliphatic carbocycles. The number of benzene rings is 2. The van der Waals surface area contributed by atoms with Gasteiger partial charge in [0.05, 0.1) is 17.2 Å². The smallest absolute Gasteiger partial charge is 0.270 e. The average Bonchev–Trinajstić information content (AvgIpc) is 3.00. The van der Waals surface area contributed by atoms with Gasteiger partial charge in [-0.25, -0.2) is 0 Å². The van der Waals surface area contributed by atoms with Crippen LogP contribution in [0.3, 0.4) is 0 Å². The molecule has 0 atom stereocenters. The average molecular weight is 458 g/mol. The lowest BCUT2D eigenvalue weighted by molar-refractivity contribution is -0.120. The number of thiocarbonyl (C=S) groups is 1. The van der Waals surface area contributed by atoms with Crippen molar-refractivity contribution in [3.63, 3.8) is 0 Å². The third-order valence-corrected chi connectivity index (χ3v) is 5.66. The van der Waals surface area contributed by atoms with Crippen LogP contribution < -0.4 is 25.0 Å². The Morgan fingerprint density at radius 2 is 1.87 bits per heavy atom. The van der Waals surface area contributed by atoms with Gasteiger partial charge in [-0.2, -0.15) is 0 Å². The Balaban J connectivity index is 1.84. The fourth-order valence-corrected chi connectivity index (χ4v) is 4.19. The quantitative estimate of drug-likeness (QED) is 0.480. The predicted molar refractivity (Wildman–Crippen MR) is 129 cm³/mol. The molecule has 0 spiro atoms. The summed E-state index contributed by atoms with van der Waals surface area (Å²) in [6, 6.07) is 12.8. The maximum Gasteiger partial charge on any atom is 0.270 e. The minimum Gasteiger partial charge on any atom is -0.490 e. The zero-order valence-corrected chi connectivity index (χ0v) is 19.1. The van der Waals surface area contributed by atoms with Gasteiger partial charge in [0.2, 0.25) is 0 Å². The molecule has 1 aliphatic rings. The van der Waals surface area contributed by atoms with Crippen molar-refractivity contribution in [2.45, 2.75) is 6.92 Å². The van der Waals surface area contributed by atoms with Crippen molar-refractivity contribution < 1.29 is 19.1 Å². The second-order valence-electron chi connectivity index (χ2n) is 6.82. The van der Waals surface area contributed by atoms with Gasteiger partial charge in [-0.05, 0) is 55.0 Å². The molecule has 0 radical (unpaired) electrons. The highest BCUT2D eigenvalue weighted by molar-refractivity contribution is 8.27. The number of amides is 2. The molecule has 0 unspecified atom stereocenters. The molecule has 0 aromatic heterocycles. The highest BCUT2D eigenvalue weighted by Crippen LogP contribution is 2.37. The molecule has 0 bridgehead atoms. The van der Waals surface area contributed by atoms with Crippen molar-refractivity contribution in [2.24, 2.45) is 5.73 Å². The number of nitrogens with zero attached hydrogens (tertiary/aromatic N) is 2. The highest BCUT2D eigenvalue weighted by Gasteiger charge is 2.33. The maximum atomic E-state index is 13.0. The first-order valence-corrected chi connectivity index (χ1v) is 10.8. The summed E-state index contributed by atoms with van der Waals surface area (Å²) in [5, 5.41) is 0. The zero-order valence-electron chi connectivity index (χ0n) is 17.5. The summed E-state index contributed by atoms with van der Waals surface area (Å²) in [5.41, 5.74) is 7.65. The second-order valence-corrected chi connectivity index (χ2v) is 8.50. The molecule has 1 saturated heterocycles. The Morgan fingerprint density at radius 3 is 2.48 bits per heavy atom. The first-order chi connectivity index (χ1) is 14.8. The van der Waals surface area contributed by atoms with Crippen LogP contribution >= 0.6 is 24.0 Å². The van der Waals surface area contributed by atoms with E-state index in [9.17, 15) is 9.59 Å². The summed E-state index contributed by atoms with van der Waals surface area (Å²) >= 11 is 6.70. The van der Waals surface area contributed by atoms with Crippen LogP contribution in [0.15, 0.2) is 47.4 Å². The molecule has 31 heavy (non-hydrogen) atoms. The Hall–Kier alpha value is -3.04. The molecular weight excluding hydrogens is 434 g/mol. The van der Waals surface area contributed by atoms with Crippen molar-refractivity contribution in [3.8, 4) is 11.5 Å². The SMILES string of the molecule is CCOc1cc(/C=C2\SC(=S)N(c3ccc(N(C)C)cc3)C2=O)ccc1OCC(N)=O. The summed E-state index contributed by atoms with van der Waals surface area (Å²) in [4.78, 5) is 28.0. The molecule has 2 N–H and O–H groups in total. The van der Waals surface area contributed by atoms with Crippen LogP contribution in [0.4, 0.5) is 11.4 Å². The first kappa shape index (κ1) is 22.6. The molecule has 162 valence electrons. The number of nitrogens with two attached hydrogens (primary N) is 1. The number of carbonyl (C=O) groups is 2. The minimum atomic E-state index is -0.575. The number of anilines is 2. The Labute approximate surface area is 190 Å². The first-order valence-electron chi connectivity index (χ1n) is 9.53. The van der Waals surface area contributed by atoms with Gasteiger partial charge in [-0.3, -0.25) is 14.5 Å². The van der Waals surface area contributed by atoms with E-state index in [0.29, 0.717) is 27.3 Å². The Morgan fingerprint density at radius 1 is 1.16 bits per heavy atom. The topological polar surface area (TPSA) is 85.1 Å². The van der Waals surface area contributed by atoms with Gasteiger partial charge in [-0.1, -0.05) is 30.0 Å². The van der Waals surface area contributed by atoms with Crippen LogP contribution in [0, 0.1) is 0 Å². The van der Waals surface area contributed by atoms with Gasteiger partial charge in [0.25, 0.3) is 11.8 Å². The van der Waals surface area contributed by atoms with Gasteiger partial charge in [0.1, 0.15) is 0 Å². The van der Waals surface area contributed by atoms with Crippen LogP contribution in [0.25, 0.3) is 6.08 Å². The lowest BCUT2D eigenvalue weighted by Crippen LogP contribution is -2.27. The summed E-state index contributed by atoms with van der Waals surface area (Å²) in [7, 11) is 3.91. The van der Waals surface area contributed by atoms with Gasteiger partial charge >= 0.3 is 0 Å². The van der Waals surface area contributed by atoms with E-state index in [2.05, 4.69) is 0 Å². The van der Waals surface area contributed by atoms with Crippen molar-refractivity contribution in [1.82, 2.24) is 0 Å². The van der Waals surface area contributed by atoms with Crippen LogP contribution in [-0.2, 0) is 9.59 Å². The monoisotopic (exact) mass is 457 g/mol. The molecule has 1 aliphatic heterocycles. The Kier molecular flexibility index (Phi) is 7.19. The Bertz CT molecular complexity index is 1040. The number of carbonyl (C=O) groups excluding carboxylic acids is 2. The van der Waals surface area contributed by atoms with Crippen LogP contribution in [0.2, 0.25) is 0 Å². The fourth-order valence-electron chi connectivity index (χ4n) is 2.89. The lowest BCUT2D eigenvalue weighted by atomic mass is 10.1. The molecule has 2 aromatic carbocycles. The largest absolute Gasteiger partial charge is 0.490 e. The van der Waals surface area contributed by atoms with E-state index >= 15 is 0 Å². The number of rotatable bonds is 8. The molecule has 1 fully saturated rings. The normalized spacial score (nSPS) is 14.8. The maximum absolute atomic E-state index is 13.0. The van der Waals surface area contributed by atoms with Crippen LogP contribution in [0.5, 0.6) is 11.5 Å². The summed E-state index contributed by atoms with van der Waals surface area (Å²) in [5.74, 6) is 0.118. The van der Waals surface area contributed by atoms with E-state index in [1.807, 2.05) is 50.2 Å². The number of hydrogen-bond acceptors (Lipinski definition) is 7. The number of primary amides is 1. The second kappa shape index (κ2) is 9.84. The van der Waals surface area contributed by atoms with Crippen molar-refractivity contribution in [3.05, 3.63) is 52.9 Å².